The van der Waals surface area contributed by atoms with Crippen molar-refractivity contribution in [3.8, 4) is 17.1 Å². The second kappa shape index (κ2) is 9.34. The Morgan fingerprint density at radius 2 is 1.69 bits per heavy atom. The predicted octanol–water partition coefficient (Wildman–Crippen LogP) is 4.02. The van der Waals surface area contributed by atoms with Crippen molar-refractivity contribution >= 4 is 11.5 Å². The Morgan fingerprint density at radius 1 is 1.03 bits per heavy atom. The molecule has 5 heteroatoms. The van der Waals surface area contributed by atoms with E-state index in [-0.39, 0.29) is 5.78 Å². The van der Waals surface area contributed by atoms with Gasteiger partial charge in [-0.1, -0.05) is 30.3 Å². The normalized spacial score (nSPS) is 10.7. The van der Waals surface area contributed by atoms with Crippen molar-refractivity contribution in [2.45, 2.75) is 33.3 Å². The van der Waals surface area contributed by atoms with E-state index in [1.54, 1.807) is 0 Å². The van der Waals surface area contributed by atoms with E-state index >= 15 is 0 Å². The number of rotatable bonds is 8. The standard InChI is InChI=1S/C24H26N2O3/c1-16-12-20(25)13-17(2)24(16)22-4-3-5-23(26-22)29-15-19-8-6-18(7-9-19)10-11-21(28)14-27/h3-9,12-13,27H,10-11,14-15,25H2,1-2H3. The number of nitrogens with zero attached hydrogens (tertiary/aromatic N) is 1. The highest BCUT2D eigenvalue weighted by atomic mass is 16.5. The van der Waals surface area contributed by atoms with Crippen LogP contribution < -0.4 is 10.5 Å². The summed E-state index contributed by atoms with van der Waals surface area (Å²) in [5.74, 6) is 0.422. The number of carbonyl (C=O) groups excluding carboxylic acids is 1. The topological polar surface area (TPSA) is 85.4 Å². The van der Waals surface area contributed by atoms with Crippen molar-refractivity contribution in [2.24, 2.45) is 0 Å². The van der Waals surface area contributed by atoms with Gasteiger partial charge in [-0.05, 0) is 60.7 Å². The Kier molecular flexibility index (Phi) is 6.62. The number of Topliss-reactive ketones (excluding diaryl/α,β-unsaturated/α-hetero) is 1. The number of carbonyl (C=O) groups is 1. The second-order valence-electron chi connectivity index (χ2n) is 7.19. The fraction of sp³-hybridized carbons (Fsp3) is 0.250. The lowest BCUT2D eigenvalue weighted by Gasteiger charge is -2.12. The van der Waals surface area contributed by atoms with Crippen LogP contribution in [0.3, 0.4) is 0 Å². The number of anilines is 1. The molecule has 150 valence electrons. The molecule has 2 aromatic carbocycles. The minimum atomic E-state index is -0.395. The zero-order chi connectivity index (χ0) is 20.8. The molecule has 0 saturated heterocycles. The molecule has 0 radical (unpaired) electrons. The number of ether oxygens (including phenoxy) is 1. The smallest absolute Gasteiger partial charge is 0.214 e. The molecular formula is C24H26N2O3. The molecule has 3 rings (SSSR count). The number of aryl methyl sites for hydroxylation is 3. The maximum absolute atomic E-state index is 11.2. The van der Waals surface area contributed by atoms with Crippen molar-refractivity contribution < 1.29 is 14.6 Å². The lowest BCUT2D eigenvalue weighted by Crippen LogP contribution is -2.05. The van der Waals surface area contributed by atoms with Gasteiger partial charge < -0.3 is 15.6 Å². The molecule has 0 unspecified atom stereocenters. The molecule has 0 fully saturated rings. The van der Waals surface area contributed by atoms with Crippen LogP contribution in [-0.2, 0) is 17.8 Å². The maximum atomic E-state index is 11.2. The summed E-state index contributed by atoms with van der Waals surface area (Å²) in [5.41, 5.74) is 12.9. The van der Waals surface area contributed by atoms with Gasteiger partial charge in [-0.2, -0.15) is 0 Å². The lowest BCUT2D eigenvalue weighted by atomic mass is 9.98. The Balaban J connectivity index is 1.66. The van der Waals surface area contributed by atoms with Crippen LogP contribution in [0.25, 0.3) is 11.3 Å². The van der Waals surface area contributed by atoms with Gasteiger partial charge in [-0.25, -0.2) is 4.98 Å². The molecule has 3 aromatic rings. The number of pyridine rings is 1. The van der Waals surface area contributed by atoms with Crippen LogP contribution >= 0.6 is 0 Å². The second-order valence-corrected chi connectivity index (χ2v) is 7.19. The van der Waals surface area contributed by atoms with Crippen LogP contribution in [0.2, 0.25) is 0 Å². The molecule has 0 atom stereocenters. The molecular weight excluding hydrogens is 364 g/mol. The van der Waals surface area contributed by atoms with E-state index in [0.717, 1.165) is 39.2 Å². The third kappa shape index (κ3) is 5.42. The average molecular weight is 390 g/mol. The Labute approximate surface area is 171 Å². The molecule has 3 N–H and O–H groups in total. The summed E-state index contributed by atoms with van der Waals surface area (Å²) in [7, 11) is 0. The summed E-state index contributed by atoms with van der Waals surface area (Å²) in [6.45, 7) is 4.08. The number of hydrogen-bond acceptors (Lipinski definition) is 5. The van der Waals surface area contributed by atoms with Gasteiger partial charge in [0.1, 0.15) is 13.2 Å². The molecule has 0 amide bonds. The zero-order valence-electron chi connectivity index (χ0n) is 16.8. The highest BCUT2D eigenvalue weighted by Crippen LogP contribution is 2.29. The van der Waals surface area contributed by atoms with Gasteiger partial charge in [0.15, 0.2) is 5.78 Å². The Morgan fingerprint density at radius 3 is 2.34 bits per heavy atom. The van der Waals surface area contributed by atoms with Gasteiger partial charge in [0.25, 0.3) is 0 Å². The molecule has 0 aliphatic heterocycles. The summed E-state index contributed by atoms with van der Waals surface area (Å²) >= 11 is 0. The van der Waals surface area contributed by atoms with E-state index < -0.39 is 6.61 Å². The van der Waals surface area contributed by atoms with Gasteiger partial charge in [-0.15, -0.1) is 0 Å². The molecule has 29 heavy (non-hydrogen) atoms. The van der Waals surface area contributed by atoms with E-state index in [2.05, 4.69) is 4.98 Å². The minimum absolute atomic E-state index is 0.144. The Bertz CT molecular complexity index is 974. The molecule has 0 saturated carbocycles. The monoisotopic (exact) mass is 390 g/mol. The van der Waals surface area contributed by atoms with Crippen molar-refractivity contribution in [2.75, 3.05) is 12.3 Å². The lowest BCUT2D eigenvalue weighted by molar-refractivity contribution is -0.121. The highest BCUT2D eigenvalue weighted by Gasteiger charge is 2.09. The highest BCUT2D eigenvalue weighted by molar-refractivity contribution is 5.79. The summed E-state index contributed by atoms with van der Waals surface area (Å²) < 4.78 is 5.89. The summed E-state index contributed by atoms with van der Waals surface area (Å²) in [5, 5.41) is 8.79. The third-order valence-electron chi connectivity index (χ3n) is 4.81. The molecule has 0 aliphatic rings. The predicted molar refractivity (Wildman–Crippen MR) is 115 cm³/mol. The van der Waals surface area contributed by atoms with Gasteiger partial charge in [0.2, 0.25) is 5.88 Å². The molecule has 0 bridgehead atoms. The minimum Gasteiger partial charge on any atom is -0.473 e. The first-order chi connectivity index (χ1) is 14.0. The SMILES string of the molecule is Cc1cc(N)cc(C)c1-c1cccc(OCc2ccc(CCC(=O)CO)cc2)n1. The number of aliphatic hydroxyl groups excluding tert-OH is 1. The van der Waals surface area contributed by atoms with Crippen LogP contribution in [0.1, 0.15) is 28.7 Å². The summed E-state index contributed by atoms with van der Waals surface area (Å²) in [4.78, 5) is 15.9. The van der Waals surface area contributed by atoms with Crippen LogP contribution in [0.4, 0.5) is 5.69 Å². The number of aliphatic hydroxyl groups is 1. The fourth-order valence-corrected chi connectivity index (χ4v) is 3.36. The molecule has 0 spiro atoms. The van der Waals surface area contributed by atoms with Crippen LogP contribution in [0.15, 0.2) is 54.6 Å². The largest absolute Gasteiger partial charge is 0.473 e. The fourth-order valence-electron chi connectivity index (χ4n) is 3.36. The van der Waals surface area contributed by atoms with Crippen LogP contribution in [0, 0.1) is 13.8 Å². The van der Waals surface area contributed by atoms with Crippen molar-refractivity contribution in [3.63, 3.8) is 0 Å². The summed E-state index contributed by atoms with van der Waals surface area (Å²) in [6, 6.07) is 17.6. The molecule has 0 aliphatic carbocycles. The first-order valence-corrected chi connectivity index (χ1v) is 9.63. The number of ketones is 1. The van der Waals surface area contributed by atoms with Gasteiger partial charge in [-0.3, -0.25) is 4.79 Å². The van der Waals surface area contributed by atoms with E-state index in [1.807, 2.05) is 68.4 Å². The van der Waals surface area contributed by atoms with Gasteiger partial charge >= 0.3 is 0 Å². The average Bonchev–Trinajstić information content (AvgIpc) is 2.71. The first-order valence-electron chi connectivity index (χ1n) is 9.63. The molecule has 1 heterocycles. The molecule has 5 nitrogen and oxygen atoms in total. The zero-order valence-corrected chi connectivity index (χ0v) is 16.8. The Hall–Kier alpha value is -3.18. The van der Waals surface area contributed by atoms with Crippen molar-refractivity contribution in [3.05, 3.63) is 76.9 Å². The summed E-state index contributed by atoms with van der Waals surface area (Å²) in [6.07, 6.45) is 0.984. The van der Waals surface area contributed by atoms with Crippen molar-refractivity contribution in [1.29, 1.82) is 0 Å². The van der Waals surface area contributed by atoms with Crippen LogP contribution in [0.5, 0.6) is 5.88 Å². The quantitative estimate of drug-likeness (QED) is 0.568. The number of nitrogen functional groups attached to an aromatic ring is 1. The number of aromatic nitrogens is 1. The molecule has 1 aromatic heterocycles. The maximum Gasteiger partial charge on any atom is 0.214 e. The van der Waals surface area contributed by atoms with Crippen LogP contribution in [-0.4, -0.2) is 22.5 Å². The van der Waals surface area contributed by atoms with Gasteiger partial charge in [0, 0.05) is 23.7 Å². The number of benzene rings is 2. The first kappa shape index (κ1) is 20.6. The van der Waals surface area contributed by atoms with E-state index in [1.165, 1.54) is 0 Å². The van der Waals surface area contributed by atoms with E-state index in [9.17, 15) is 4.79 Å². The van der Waals surface area contributed by atoms with Crippen molar-refractivity contribution in [1.82, 2.24) is 4.98 Å². The number of hydrogen-bond donors (Lipinski definition) is 2. The van der Waals surface area contributed by atoms with E-state index in [4.69, 9.17) is 15.6 Å². The van der Waals surface area contributed by atoms with Gasteiger partial charge in [0.05, 0.1) is 5.69 Å². The van der Waals surface area contributed by atoms with E-state index in [0.29, 0.717) is 25.3 Å². The number of nitrogens with two attached hydrogens (primary N) is 1. The third-order valence-corrected chi connectivity index (χ3v) is 4.81.